The lowest BCUT2D eigenvalue weighted by Gasteiger charge is -2.22. The summed E-state index contributed by atoms with van der Waals surface area (Å²) in [5, 5.41) is 6.38. The summed E-state index contributed by atoms with van der Waals surface area (Å²) < 4.78 is 15.7. The van der Waals surface area contributed by atoms with Crippen LogP contribution in [0, 0.1) is 0 Å². The summed E-state index contributed by atoms with van der Waals surface area (Å²) in [5.41, 5.74) is 0. The van der Waals surface area contributed by atoms with Crippen LogP contribution in [-0.2, 0) is 4.74 Å². The Hall–Kier alpha value is -1.67. The fourth-order valence-corrected chi connectivity index (χ4v) is 1.95. The summed E-state index contributed by atoms with van der Waals surface area (Å²) in [6.07, 6.45) is 2.47. The largest absolute Gasteiger partial charge is 0.467 e. The van der Waals surface area contributed by atoms with Crippen molar-refractivity contribution in [1.82, 2.24) is 20.3 Å². The fraction of sp³-hybridized carbons (Fsp3) is 0.750. The van der Waals surface area contributed by atoms with Gasteiger partial charge in [0.25, 0.3) is 0 Å². The zero-order valence-electron chi connectivity index (χ0n) is 11.9. The molecule has 0 atom stereocenters. The number of piperidine rings is 1. The van der Waals surface area contributed by atoms with Crippen molar-refractivity contribution in [1.29, 1.82) is 0 Å². The van der Waals surface area contributed by atoms with Crippen LogP contribution in [0.2, 0.25) is 0 Å². The molecule has 2 heterocycles. The van der Waals surface area contributed by atoms with E-state index in [-0.39, 0.29) is 12.0 Å². The molecular formula is C12H21N5O3. The number of aromatic nitrogens is 3. The van der Waals surface area contributed by atoms with Gasteiger partial charge in [0.1, 0.15) is 0 Å². The van der Waals surface area contributed by atoms with Crippen LogP contribution >= 0.6 is 0 Å². The van der Waals surface area contributed by atoms with E-state index in [1.165, 1.54) is 14.2 Å². The maximum Gasteiger partial charge on any atom is 0.324 e. The van der Waals surface area contributed by atoms with Crippen LogP contribution in [0.3, 0.4) is 0 Å². The summed E-state index contributed by atoms with van der Waals surface area (Å²) in [5.74, 6) is 0.419. The second kappa shape index (κ2) is 7.81. The second-order valence-corrected chi connectivity index (χ2v) is 4.38. The number of ether oxygens (including phenoxy) is 3. The fourth-order valence-electron chi connectivity index (χ4n) is 1.95. The van der Waals surface area contributed by atoms with Crippen molar-refractivity contribution in [2.45, 2.75) is 18.9 Å². The molecular weight excluding hydrogens is 262 g/mol. The number of hydrogen-bond acceptors (Lipinski definition) is 8. The summed E-state index contributed by atoms with van der Waals surface area (Å²) in [6, 6.07) is 0.442. The standard InChI is InChI=1S/C12H21N5O3/c1-18-11-15-10(16-12(17-11)19-2)14-7-8-20-9-3-5-13-6-4-9/h9,13H,3-8H2,1-2H3,(H,14,15,16,17). The van der Waals surface area contributed by atoms with Crippen LogP contribution < -0.4 is 20.1 Å². The molecule has 112 valence electrons. The van der Waals surface area contributed by atoms with E-state index in [4.69, 9.17) is 14.2 Å². The molecule has 1 aromatic heterocycles. The Labute approximate surface area is 118 Å². The van der Waals surface area contributed by atoms with Crippen molar-refractivity contribution in [3.05, 3.63) is 0 Å². The van der Waals surface area contributed by atoms with Gasteiger partial charge in [0, 0.05) is 6.54 Å². The first-order valence-corrected chi connectivity index (χ1v) is 6.72. The van der Waals surface area contributed by atoms with E-state index in [9.17, 15) is 0 Å². The van der Waals surface area contributed by atoms with Gasteiger partial charge in [-0.2, -0.15) is 9.97 Å². The molecule has 8 nitrogen and oxygen atoms in total. The Bertz CT molecular complexity index is 390. The van der Waals surface area contributed by atoms with Crippen molar-refractivity contribution in [2.24, 2.45) is 0 Å². The smallest absolute Gasteiger partial charge is 0.324 e. The molecule has 1 fully saturated rings. The first kappa shape index (κ1) is 14.7. The van der Waals surface area contributed by atoms with Crippen molar-refractivity contribution in [3.8, 4) is 12.0 Å². The maximum absolute atomic E-state index is 5.78. The van der Waals surface area contributed by atoms with Crippen LogP contribution in [-0.4, -0.2) is 61.5 Å². The highest BCUT2D eigenvalue weighted by molar-refractivity contribution is 5.27. The molecule has 0 saturated carbocycles. The third-order valence-corrected chi connectivity index (χ3v) is 2.98. The summed E-state index contributed by atoms with van der Waals surface area (Å²) in [6.45, 7) is 3.29. The van der Waals surface area contributed by atoms with Gasteiger partial charge in [-0.15, -0.1) is 4.98 Å². The van der Waals surface area contributed by atoms with Gasteiger partial charge in [-0.1, -0.05) is 0 Å². The molecule has 0 radical (unpaired) electrons. The van der Waals surface area contributed by atoms with Crippen LogP contribution in [0.5, 0.6) is 12.0 Å². The average molecular weight is 283 g/mol. The Morgan fingerprint density at radius 2 is 1.75 bits per heavy atom. The molecule has 2 N–H and O–H groups in total. The molecule has 1 saturated heterocycles. The molecule has 0 amide bonds. The minimum Gasteiger partial charge on any atom is -0.467 e. The Morgan fingerprint density at radius 1 is 1.10 bits per heavy atom. The topological polar surface area (TPSA) is 90.4 Å². The van der Waals surface area contributed by atoms with E-state index < -0.39 is 0 Å². The van der Waals surface area contributed by atoms with E-state index in [1.54, 1.807) is 0 Å². The van der Waals surface area contributed by atoms with Gasteiger partial charge in [0.15, 0.2) is 0 Å². The van der Waals surface area contributed by atoms with Crippen molar-refractivity contribution in [3.63, 3.8) is 0 Å². The van der Waals surface area contributed by atoms with Crippen molar-refractivity contribution in [2.75, 3.05) is 45.8 Å². The number of nitrogens with zero attached hydrogens (tertiary/aromatic N) is 3. The van der Waals surface area contributed by atoms with Gasteiger partial charge in [-0.05, 0) is 25.9 Å². The van der Waals surface area contributed by atoms with E-state index in [1.807, 2.05) is 0 Å². The summed E-state index contributed by atoms with van der Waals surface area (Å²) in [7, 11) is 3.00. The van der Waals surface area contributed by atoms with Crippen LogP contribution in [0.4, 0.5) is 5.95 Å². The molecule has 1 aliphatic rings. The molecule has 0 unspecified atom stereocenters. The maximum atomic E-state index is 5.78. The van der Waals surface area contributed by atoms with E-state index in [0.717, 1.165) is 25.9 Å². The molecule has 0 aromatic carbocycles. The zero-order chi connectivity index (χ0) is 14.2. The second-order valence-electron chi connectivity index (χ2n) is 4.38. The predicted molar refractivity (Wildman–Crippen MR) is 73.3 cm³/mol. The third-order valence-electron chi connectivity index (χ3n) is 2.98. The average Bonchev–Trinajstić information content (AvgIpc) is 2.52. The normalized spacial score (nSPS) is 15.9. The van der Waals surface area contributed by atoms with Gasteiger partial charge in [-0.25, -0.2) is 0 Å². The highest BCUT2D eigenvalue weighted by Gasteiger charge is 2.13. The SMILES string of the molecule is COc1nc(NCCOC2CCNCC2)nc(OC)n1. The molecule has 20 heavy (non-hydrogen) atoms. The lowest BCUT2D eigenvalue weighted by Crippen LogP contribution is -2.33. The number of methoxy groups -OCH3 is 2. The van der Waals surface area contributed by atoms with Gasteiger partial charge in [0.05, 0.1) is 26.9 Å². The molecule has 0 aliphatic carbocycles. The Morgan fingerprint density at radius 3 is 2.35 bits per heavy atom. The van der Waals surface area contributed by atoms with E-state index >= 15 is 0 Å². The number of nitrogens with one attached hydrogen (secondary N) is 2. The molecule has 0 bridgehead atoms. The lowest BCUT2D eigenvalue weighted by atomic mass is 10.1. The number of hydrogen-bond donors (Lipinski definition) is 2. The van der Waals surface area contributed by atoms with Gasteiger partial charge in [0.2, 0.25) is 5.95 Å². The highest BCUT2D eigenvalue weighted by Crippen LogP contribution is 2.12. The monoisotopic (exact) mass is 283 g/mol. The van der Waals surface area contributed by atoms with E-state index in [0.29, 0.717) is 25.2 Å². The molecule has 8 heteroatoms. The first-order chi connectivity index (χ1) is 9.81. The minimum absolute atomic E-state index is 0.221. The Balaban J connectivity index is 1.75. The number of rotatable bonds is 7. The van der Waals surface area contributed by atoms with Crippen molar-refractivity contribution < 1.29 is 14.2 Å². The summed E-state index contributed by atoms with van der Waals surface area (Å²) >= 11 is 0. The molecule has 1 aliphatic heterocycles. The minimum atomic E-state index is 0.221. The van der Waals surface area contributed by atoms with Gasteiger partial charge in [-0.3, -0.25) is 0 Å². The predicted octanol–water partition coefficient (Wildman–Crippen LogP) is 0.0693. The van der Waals surface area contributed by atoms with Crippen LogP contribution in [0.1, 0.15) is 12.8 Å². The van der Waals surface area contributed by atoms with Crippen molar-refractivity contribution >= 4 is 5.95 Å². The summed E-state index contributed by atoms with van der Waals surface area (Å²) in [4.78, 5) is 12.1. The Kier molecular flexibility index (Phi) is 5.75. The molecule has 0 spiro atoms. The number of anilines is 1. The van der Waals surface area contributed by atoms with Crippen LogP contribution in [0.25, 0.3) is 0 Å². The third kappa shape index (κ3) is 4.46. The quantitative estimate of drug-likeness (QED) is 0.679. The van der Waals surface area contributed by atoms with Gasteiger partial charge < -0.3 is 24.8 Å². The zero-order valence-corrected chi connectivity index (χ0v) is 11.9. The molecule has 2 rings (SSSR count). The van der Waals surface area contributed by atoms with E-state index in [2.05, 4.69) is 25.6 Å². The van der Waals surface area contributed by atoms with Gasteiger partial charge >= 0.3 is 12.0 Å². The highest BCUT2D eigenvalue weighted by atomic mass is 16.5. The first-order valence-electron chi connectivity index (χ1n) is 6.72. The lowest BCUT2D eigenvalue weighted by molar-refractivity contribution is 0.0393. The van der Waals surface area contributed by atoms with Crippen LogP contribution in [0.15, 0.2) is 0 Å². The molecule has 1 aromatic rings.